The van der Waals surface area contributed by atoms with Crippen LogP contribution in [0.5, 0.6) is 0 Å². The number of rotatable bonds is 7. The molecule has 0 bridgehead atoms. The van der Waals surface area contributed by atoms with E-state index in [1.165, 1.54) is 89.9 Å². The topological polar surface area (TPSA) is 0 Å². The highest BCUT2D eigenvalue weighted by molar-refractivity contribution is 5.20. The minimum absolute atomic E-state index is 0. The Morgan fingerprint density at radius 2 is 1.84 bits per heavy atom. The predicted molar refractivity (Wildman–Crippen MR) is 138 cm³/mol. The van der Waals surface area contributed by atoms with E-state index in [0.29, 0.717) is 16.2 Å². The summed E-state index contributed by atoms with van der Waals surface area (Å²) in [5.74, 6) is 3.79. The highest BCUT2D eigenvalue weighted by atomic mass is 14.7. The second kappa shape index (κ2) is 9.02. The van der Waals surface area contributed by atoms with Gasteiger partial charge in [-0.05, 0) is 130 Å². The molecule has 31 heavy (non-hydrogen) atoms. The van der Waals surface area contributed by atoms with E-state index in [9.17, 15) is 0 Å². The fourth-order valence-electron chi connectivity index (χ4n) is 9.69. The molecule has 0 aromatic carbocycles. The van der Waals surface area contributed by atoms with E-state index in [1.54, 1.807) is 17.6 Å². The molecule has 0 N–H and O–H groups in total. The van der Waals surface area contributed by atoms with Gasteiger partial charge in [-0.3, -0.25) is 0 Å². The molecule has 0 aromatic rings. The van der Waals surface area contributed by atoms with Gasteiger partial charge in [0.25, 0.3) is 0 Å². The van der Waals surface area contributed by atoms with Crippen LogP contribution in [0.4, 0.5) is 0 Å². The van der Waals surface area contributed by atoms with Crippen LogP contribution in [-0.4, -0.2) is 0 Å². The molecule has 3 unspecified atom stereocenters. The normalized spacial score (nSPS) is 44.2. The highest BCUT2D eigenvalue weighted by Gasteiger charge is 2.62. The van der Waals surface area contributed by atoms with Crippen molar-refractivity contribution in [3.05, 3.63) is 23.8 Å². The van der Waals surface area contributed by atoms with Crippen molar-refractivity contribution in [1.29, 1.82) is 0 Å². The second-order valence-electron chi connectivity index (χ2n) is 12.6. The van der Waals surface area contributed by atoms with Crippen LogP contribution in [0.15, 0.2) is 23.8 Å². The fraction of sp³-hybridized carbons (Fsp3) is 0.871. The Hall–Kier alpha value is -0.520. The van der Waals surface area contributed by atoms with Crippen molar-refractivity contribution in [3.63, 3.8) is 0 Å². The molecule has 0 amide bonds. The molecule has 0 nitrogen and oxygen atoms in total. The molecular formula is C31H54. The standard InChI is InChI=1S/C31H52.H2/c1-7-12-24(8-2)27-13-11-14-28(29(27,6)9-3)25-18-19-30(10-4)21-23(5)17-20-31(30,22-25)26-15-16-26;/h8,25-28H,5,7,9-22H2,1-4,6H3;1H/b24-8+;/t25?,27-,28?,29?,30-,31-;/m1./s1. The first-order valence-corrected chi connectivity index (χ1v) is 14.2. The van der Waals surface area contributed by atoms with Crippen LogP contribution in [0, 0.1) is 39.9 Å². The molecule has 4 fully saturated rings. The van der Waals surface area contributed by atoms with E-state index in [4.69, 9.17) is 0 Å². The van der Waals surface area contributed by atoms with Crippen molar-refractivity contribution in [1.82, 2.24) is 0 Å². The monoisotopic (exact) mass is 426 g/mol. The molecule has 0 spiro atoms. The first-order chi connectivity index (χ1) is 14.9. The molecule has 4 aliphatic rings. The van der Waals surface area contributed by atoms with E-state index in [1.807, 2.05) is 0 Å². The maximum Gasteiger partial charge on any atom is 0 e. The van der Waals surface area contributed by atoms with E-state index in [2.05, 4.69) is 47.3 Å². The lowest BCUT2D eigenvalue weighted by molar-refractivity contribution is -0.113. The van der Waals surface area contributed by atoms with Crippen molar-refractivity contribution in [3.8, 4) is 0 Å². The second-order valence-corrected chi connectivity index (χ2v) is 12.6. The molecule has 4 aliphatic carbocycles. The van der Waals surface area contributed by atoms with Crippen molar-refractivity contribution < 1.29 is 1.43 Å². The van der Waals surface area contributed by atoms with Crippen LogP contribution in [0.3, 0.4) is 0 Å². The first kappa shape index (κ1) is 23.6. The molecule has 6 atom stereocenters. The summed E-state index contributed by atoms with van der Waals surface area (Å²) >= 11 is 0. The molecule has 178 valence electrons. The number of hydrogen-bond donors (Lipinski definition) is 0. The zero-order valence-corrected chi connectivity index (χ0v) is 21.7. The van der Waals surface area contributed by atoms with Gasteiger partial charge < -0.3 is 0 Å². The molecular weight excluding hydrogens is 372 g/mol. The van der Waals surface area contributed by atoms with Gasteiger partial charge in [-0.15, -0.1) is 0 Å². The van der Waals surface area contributed by atoms with Crippen molar-refractivity contribution in [2.45, 2.75) is 131 Å². The van der Waals surface area contributed by atoms with Gasteiger partial charge in [-0.1, -0.05) is 64.3 Å². The van der Waals surface area contributed by atoms with Gasteiger partial charge in [0.1, 0.15) is 0 Å². The summed E-state index contributed by atoms with van der Waals surface area (Å²) < 4.78 is 0. The van der Waals surface area contributed by atoms with Gasteiger partial charge >= 0.3 is 0 Å². The van der Waals surface area contributed by atoms with Gasteiger partial charge in [0.15, 0.2) is 0 Å². The van der Waals surface area contributed by atoms with Crippen LogP contribution in [0.25, 0.3) is 0 Å². The van der Waals surface area contributed by atoms with E-state index in [-0.39, 0.29) is 1.43 Å². The third kappa shape index (κ3) is 3.81. The fourth-order valence-corrected chi connectivity index (χ4v) is 9.69. The van der Waals surface area contributed by atoms with Crippen LogP contribution in [0.1, 0.15) is 132 Å². The third-order valence-corrected chi connectivity index (χ3v) is 11.6. The lowest BCUT2D eigenvalue weighted by Gasteiger charge is -2.62. The van der Waals surface area contributed by atoms with Crippen LogP contribution >= 0.6 is 0 Å². The van der Waals surface area contributed by atoms with Crippen molar-refractivity contribution >= 4 is 0 Å². The highest BCUT2D eigenvalue weighted by Crippen LogP contribution is 2.72. The summed E-state index contributed by atoms with van der Waals surface area (Å²) in [4.78, 5) is 0. The lowest BCUT2D eigenvalue weighted by atomic mass is 9.42. The van der Waals surface area contributed by atoms with E-state index < -0.39 is 0 Å². The zero-order valence-electron chi connectivity index (χ0n) is 21.7. The van der Waals surface area contributed by atoms with Crippen LogP contribution in [-0.2, 0) is 0 Å². The number of allylic oxidation sites excluding steroid dienone is 3. The quantitative estimate of drug-likeness (QED) is 0.355. The predicted octanol–water partition coefficient (Wildman–Crippen LogP) is 10.1. The molecule has 0 aromatic heterocycles. The van der Waals surface area contributed by atoms with E-state index in [0.717, 1.165) is 23.7 Å². The Morgan fingerprint density at radius 3 is 2.45 bits per heavy atom. The van der Waals surface area contributed by atoms with Crippen molar-refractivity contribution in [2.75, 3.05) is 0 Å². The molecule has 0 radical (unpaired) electrons. The average Bonchev–Trinajstić information content (AvgIpc) is 3.63. The van der Waals surface area contributed by atoms with Crippen molar-refractivity contribution in [2.24, 2.45) is 39.9 Å². The van der Waals surface area contributed by atoms with Crippen LogP contribution in [0.2, 0.25) is 0 Å². The van der Waals surface area contributed by atoms with E-state index >= 15 is 0 Å². The van der Waals surface area contributed by atoms with Crippen LogP contribution < -0.4 is 0 Å². The Labute approximate surface area is 196 Å². The molecule has 4 rings (SSSR count). The zero-order chi connectivity index (χ0) is 22.3. The van der Waals surface area contributed by atoms with Gasteiger partial charge in [0.05, 0.1) is 0 Å². The summed E-state index contributed by atoms with van der Waals surface area (Å²) in [7, 11) is 0. The third-order valence-electron chi connectivity index (χ3n) is 11.6. The Kier molecular flexibility index (Phi) is 6.88. The maximum atomic E-state index is 4.50. The SMILES string of the molecule is C=C1CC[C@]2(C3CC3)CC(C3CCC[C@H](/C(=C/C)CCC)C3(C)CC)CC[C@]2(CC)C1.[HH]. The largest absolute Gasteiger partial charge is 0.0998 e. The number of hydrogen-bond acceptors (Lipinski definition) is 0. The lowest BCUT2D eigenvalue weighted by Crippen LogP contribution is -2.53. The summed E-state index contributed by atoms with van der Waals surface area (Å²) in [5.41, 5.74) is 5.12. The smallest absolute Gasteiger partial charge is 0 e. The Balaban J connectivity index is 0.00000289. The molecule has 0 aliphatic heterocycles. The molecule has 0 saturated heterocycles. The Morgan fingerprint density at radius 1 is 1.06 bits per heavy atom. The Bertz CT molecular complexity index is 687. The summed E-state index contributed by atoms with van der Waals surface area (Å²) in [6, 6.07) is 0. The minimum Gasteiger partial charge on any atom is -0.0998 e. The molecule has 0 heterocycles. The summed E-state index contributed by atoms with van der Waals surface area (Å²) in [5, 5.41) is 0. The minimum atomic E-state index is 0. The first-order valence-electron chi connectivity index (χ1n) is 14.2. The molecule has 4 saturated carbocycles. The van der Waals surface area contributed by atoms with Gasteiger partial charge in [-0.25, -0.2) is 0 Å². The molecule has 0 heteroatoms. The summed E-state index contributed by atoms with van der Waals surface area (Å²) in [6.07, 6.45) is 24.1. The summed E-state index contributed by atoms with van der Waals surface area (Å²) in [6.45, 7) is 16.9. The van der Waals surface area contributed by atoms with Gasteiger partial charge in [0, 0.05) is 1.43 Å². The van der Waals surface area contributed by atoms with Gasteiger partial charge in [0.2, 0.25) is 0 Å². The van der Waals surface area contributed by atoms with Gasteiger partial charge in [-0.2, -0.15) is 0 Å². The maximum absolute atomic E-state index is 4.50. The number of fused-ring (bicyclic) bond motifs is 1. The average molecular weight is 427 g/mol.